The van der Waals surface area contributed by atoms with Crippen molar-refractivity contribution in [1.82, 2.24) is 20.2 Å². The van der Waals surface area contributed by atoms with E-state index in [-0.39, 0.29) is 30.3 Å². The Labute approximate surface area is 232 Å². The van der Waals surface area contributed by atoms with Crippen LogP contribution in [0.3, 0.4) is 0 Å². The molecule has 0 spiro atoms. The number of hydrazine groups is 1. The fourth-order valence-electron chi connectivity index (χ4n) is 4.10. The number of benzene rings is 2. The quantitative estimate of drug-likeness (QED) is 0.269. The van der Waals surface area contributed by atoms with Crippen LogP contribution in [0.4, 0.5) is 0 Å². The zero-order valence-electron chi connectivity index (χ0n) is 20.7. The predicted molar refractivity (Wildman–Crippen MR) is 149 cm³/mol. The monoisotopic (exact) mass is 569 g/mol. The van der Waals surface area contributed by atoms with E-state index in [4.69, 9.17) is 29.8 Å². The molecule has 4 rings (SSSR count). The first kappa shape index (κ1) is 27.7. The maximum absolute atomic E-state index is 13.4. The van der Waals surface area contributed by atoms with Gasteiger partial charge in [-0.3, -0.25) is 10.2 Å². The average molecular weight is 571 g/mol. The predicted octanol–water partition coefficient (Wildman–Crippen LogP) is 4.44. The number of nitrogens with one attached hydrogen (secondary N) is 1. The minimum atomic E-state index is -3.09. The molecule has 8 nitrogen and oxygen atoms in total. The van der Waals surface area contributed by atoms with E-state index < -0.39 is 15.7 Å². The second kappa shape index (κ2) is 12.0. The van der Waals surface area contributed by atoms with Crippen molar-refractivity contribution >= 4 is 38.9 Å². The number of nitrogens with zero attached hydrogens (tertiary/aromatic N) is 4. The standard InChI is InChI=1S/C27H25Cl2N5O3S/c1-3-22-25(27(35)32-33-14-16-38(36,37)17-15-33)31-34(24-12-11-21(28)18-23(24)29)26(22)20-9-7-19(8-10-20)6-4-5-13-30-2/h7-12,18H,3,5,13-17H2,1H3,(H,32,35). The summed E-state index contributed by atoms with van der Waals surface area (Å²) < 4.78 is 25.2. The Bertz CT molecular complexity index is 1550. The summed E-state index contributed by atoms with van der Waals surface area (Å²) in [6.45, 7) is 9.59. The first-order valence-electron chi connectivity index (χ1n) is 12.0. The molecule has 0 radical (unpaired) electrons. The van der Waals surface area contributed by atoms with Gasteiger partial charge in [0.1, 0.15) is 0 Å². The van der Waals surface area contributed by atoms with E-state index >= 15 is 0 Å². The van der Waals surface area contributed by atoms with Gasteiger partial charge in [0.05, 0.1) is 34.3 Å². The van der Waals surface area contributed by atoms with Crippen molar-refractivity contribution in [3.05, 3.63) is 80.7 Å². The molecule has 0 saturated carbocycles. The van der Waals surface area contributed by atoms with Crippen molar-refractivity contribution in [2.45, 2.75) is 19.8 Å². The molecule has 0 bridgehead atoms. The summed E-state index contributed by atoms with van der Waals surface area (Å²) in [5, 5.41) is 7.14. The van der Waals surface area contributed by atoms with Crippen LogP contribution in [-0.4, -0.2) is 60.3 Å². The molecule has 2 heterocycles. The summed E-state index contributed by atoms with van der Waals surface area (Å²) in [6.07, 6.45) is 1.02. The number of sulfone groups is 1. The molecular weight excluding hydrogens is 545 g/mol. The fourth-order valence-corrected chi connectivity index (χ4v) is 5.79. The van der Waals surface area contributed by atoms with Crippen LogP contribution in [0.25, 0.3) is 21.8 Å². The molecule has 11 heteroatoms. The van der Waals surface area contributed by atoms with Crippen LogP contribution in [0.5, 0.6) is 0 Å². The van der Waals surface area contributed by atoms with E-state index in [1.54, 1.807) is 27.9 Å². The van der Waals surface area contributed by atoms with Crippen molar-refractivity contribution in [3.8, 4) is 28.8 Å². The van der Waals surface area contributed by atoms with Crippen LogP contribution < -0.4 is 5.43 Å². The molecule has 1 aliphatic rings. The number of aromatic nitrogens is 2. The highest BCUT2D eigenvalue weighted by molar-refractivity contribution is 7.91. The second-order valence-electron chi connectivity index (χ2n) is 8.63. The summed E-state index contributed by atoms with van der Waals surface area (Å²) in [4.78, 5) is 16.7. The summed E-state index contributed by atoms with van der Waals surface area (Å²) in [5.74, 6) is 5.60. The van der Waals surface area contributed by atoms with E-state index in [0.717, 1.165) is 11.1 Å². The van der Waals surface area contributed by atoms with Gasteiger partial charge in [0.15, 0.2) is 15.5 Å². The Morgan fingerprint density at radius 3 is 2.50 bits per heavy atom. The topological polar surface area (TPSA) is 88.7 Å². The maximum atomic E-state index is 13.4. The van der Waals surface area contributed by atoms with Crippen molar-refractivity contribution in [2.24, 2.45) is 0 Å². The normalized spacial score (nSPS) is 14.8. The number of amides is 1. The van der Waals surface area contributed by atoms with Gasteiger partial charge < -0.3 is 4.85 Å². The molecule has 3 aromatic rings. The van der Waals surface area contributed by atoms with Gasteiger partial charge in [-0.25, -0.2) is 24.7 Å². The lowest BCUT2D eigenvalue weighted by Gasteiger charge is -2.26. The Morgan fingerprint density at radius 2 is 1.87 bits per heavy atom. The first-order chi connectivity index (χ1) is 18.2. The van der Waals surface area contributed by atoms with Gasteiger partial charge in [0.2, 0.25) is 6.54 Å². The molecule has 38 heavy (non-hydrogen) atoms. The molecule has 1 N–H and O–H groups in total. The maximum Gasteiger partial charge on any atom is 0.286 e. The number of carbonyl (C=O) groups excluding carboxylic acids is 1. The van der Waals surface area contributed by atoms with Crippen LogP contribution in [0.15, 0.2) is 42.5 Å². The molecule has 1 fully saturated rings. The van der Waals surface area contributed by atoms with Gasteiger partial charge in [0.25, 0.3) is 5.91 Å². The molecule has 196 valence electrons. The van der Waals surface area contributed by atoms with Gasteiger partial charge in [-0.15, -0.1) is 0 Å². The molecule has 1 amide bonds. The Hall–Kier alpha value is -3.34. The fraction of sp³-hybridized carbons (Fsp3) is 0.296. The molecule has 0 atom stereocenters. The van der Waals surface area contributed by atoms with E-state index in [2.05, 4.69) is 27.2 Å². The summed E-state index contributed by atoms with van der Waals surface area (Å²) in [7, 11) is -3.09. The lowest BCUT2D eigenvalue weighted by Crippen LogP contribution is -2.50. The molecule has 1 aliphatic heterocycles. The second-order valence-corrected chi connectivity index (χ2v) is 11.8. The lowest BCUT2D eigenvalue weighted by atomic mass is 10.0. The Morgan fingerprint density at radius 1 is 1.16 bits per heavy atom. The van der Waals surface area contributed by atoms with Crippen LogP contribution in [0, 0.1) is 18.4 Å². The third kappa shape index (κ3) is 6.38. The number of carbonyl (C=O) groups is 1. The molecular formula is C27H25Cl2N5O3S. The molecule has 1 aromatic heterocycles. The highest BCUT2D eigenvalue weighted by Crippen LogP contribution is 2.33. The van der Waals surface area contributed by atoms with Crippen molar-refractivity contribution in [1.29, 1.82) is 0 Å². The third-order valence-corrected chi connectivity index (χ3v) is 8.18. The molecule has 0 aliphatic carbocycles. The molecule has 0 unspecified atom stereocenters. The van der Waals surface area contributed by atoms with Crippen molar-refractivity contribution in [2.75, 3.05) is 31.1 Å². The van der Waals surface area contributed by atoms with E-state index in [1.165, 1.54) is 0 Å². The largest absolute Gasteiger partial charge is 0.316 e. The van der Waals surface area contributed by atoms with E-state index in [0.29, 0.717) is 46.4 Å². The van der Waals surface area contributed by atoms with Gasteiger partial charge in [-0.1, -0.05) is 54.1 Å². The number of hydrogen-bond acceptors (Lipinski definition) is 5. The van der Waals surface area contributed by atoms with Crippen LogP contribution >= 0.6 is 23.2 Å². The zero-order chi connectivity index (χ0) is 27.3. The molecule has 1 saturated heterocycles. The number of hydrogen-bond donors (Lipinski definition) is 1. The zero-order valence-corrected chi connectivity index (χ0v) is 23.0. The smallest absolute Gasteiger partial charge is 0.286 e. The van der Waals surface area contributed by atoms with Gasteiger partial charge in [0, 0.05) is 34.8 Å². The highest BCUT2D eigenvalue weighted by atomic mass is 35.5. The highest BCUT2D eigenvalue weighted by Gasteiger charge is 2.28. The lowest BCUT2D eigenvalue weighted by molar-refractivity contribution is 0.0795. The van der Waals surface area contributed by atoms with Crippen LogP contribution in [0.1, 0.15) is 35.0 Å². The van der Waals surface area contributed by atoms with Gasteiger partial charge >= 0.3 is 0 Å². The summed E-state index contributed by atoms with van der Waals surface area (Å²) in [5.41, 5.74) is 6.65. The van der Waals surface area contributed by atoms with Crippen LogP contribution in [0.2, 0.25) is 10.0 Å². The minimum Gasteiger partial charge on any atom is -0.316 e. The minimum absolute atomic E-state index is 0.0128. The number of rotatable bonds is 6. The summed E-state index contributed by atoms with van der Waals surface area (Å²) >= 11 is 12.7. The van der Waals surface area contributed by atoms with Gasteiger partial charge in [-0.05, 0) is 36.8 Å². The average Bonchev–Trinajstić information content (AvgIpc) is 3.28. The number of halogens is 2. The van der Waals surface area contributed by atoms with Crippen LogP contribution in [-0.2, 0) is 16.3 Å². The Balaban J connectivity index is 1.75. The SMILES string of the molecule is [C-]#[N+]CCC#Cc1ccc(-c2c(CC)c(C(=O)NN3CCS(=O)(=O)CC3)nn2-c2ccc(Cl)cc2Cl)cc1. The first-order valence-corrected chi connectivity index (χ1v) is 14.6. The van der Waals surface area contributed by atoms with Crippen molar-refractivity contribution in [3.63, 3.8) is 0 Å². The van der Waals surface area contributed by atoms with E-state index in [9.17, 15) is 13.2 Å². The van der Waals surface area contributed by atoms with Crippen molar-refractivity contribution < 1.29 is 13.2 Å². The van der Waals surface area contributed by atoms with E-state index in [1.807, 2.05) is 31.2 Å². The molecule has 2 aromatic carbocycles. The third-order valence-electron chi connectivity index (χ3n) is 6.03. The Kier molecular flexibility index (Phi) is 8.76. The summed E-state index contributed by atoms with van der Waals surface area (Å²) in [6, 6.07) is 12.7. The van der Waals surface area contributed by atoms with Gasteiger partial charge in [-0.2, -0.15) is 5.10 Å².